The molecule has 0 aromatic heterocycles. The van der Waals surface area contributed by atoms with Crippen LogP contribution in [0.2, 0.25) is 5.02 Å². The van der Waals surface area contributed by atoms with E-state index in [0.29, 0.717) is 0 Å². The topological polar surface area (TPSA) is 9.23 Å². The van der Waals surface area contributed by atoms with Crippen LogP contribution in [0.4, 0.5) is 0 Å². The molecule has 0 saturated heterocycles. The third-order valence-corrected chi connectivity index (χ3v) is 13.7. The average molecular weight is 507 g/mol. The van der Waals surface area contributed by atoms with Crippen LogP contribution in [-0.2, 0) is 4.52 Å². The molecule has 1 aliphatic rings. The normalized spacial score (nSPS) is 18.6. The molecular formula is C33H28ClOP. The molecule has 0 spiro atoms. The van der Waals surface area contributed by atoms with E-state index in [1.807, 2.05) is 12.1 Å². The molecule has 1 nitrogen and oxygen atoms in total. The zero-order valence-electron chi connectivity index (χ0n) is 20.4. The summed E-state index contributed by atoms with van der Waals surface area (Å²) >= 11 is 6.30. The van der Waals surface area contributed by atoms with Gasteiger partial charge in [0.1, 0.15) is 0 Å². The van der Waals surface area contributed by atoms with E-state index in [4.69, 9.17) is 16.1 Å². The molecule has 0 bridgehead atoms. The molecule has 0 N–H and O–H groups in total. The van der Waals surface area contributed by atoms with Crippen LogP contribution in [0.1, 0.15) is 28.4 Å². The standard InChI is InChI=1S/C33H28ClOP/c1-24-22-31-32(23-25(24)2)36(28-12-6-3-7-13-28,29-14-8-4-9-15-29,30-16-10-5-11-17-30)35-33(31)26-18-20-27(34)21-19-26/h3-23,33H,1-2H3. The van der Waals surface area contributed by atoms with Gasteiger partial charge in [0.2, 0.25) is 0 Å². The molecule has 0 amide bonds. The van der Waals surface area contributed by atoms with Gasteiger partial charge < -0.3 is 0 Å². The first-order chi connectivity index (χ1) is 17.5. The van der Waals surface area contributed by atoms with E-state index in [0.717, 1.165) is 10.6 Å². The van der Waals surface area contributed by atoms with Crippen molar-refractivity contribution in [2.45, 2.75) is 20.0 Å². The van der Waals surface area contributed by atoms with E-state index in [1.165, 1.54) is 37.9 Å². The van der Waals surface area contributed by atoms with Gasteiger partial charge in [-0.15, -0.1) is 0 Å². The first-order valence-electron chi connectivity index (χ1n) is 12.3. The van der Waals surface area contributed by atoms with Crippen molar-refractivity contribution in [1.29, 1.82) is 0 Å². The van der Waals surface area contributed by atoms with Crippen molar-refractivity contribution in [1.82, 2.24) is 0 Å². The van der Waals surface area contributed by atoms with E-state index in [-0.39, 0.29) is 6.10 Å². The fraction of sp³-hybridized carbons (Fsp3) is 0.0909. The Morgan fingerprint density at radius 2 is 1.03 bits per heavy atom. The molecule has 1 heterocycles. The summed E-state index contributed by atoms with van der Waals surface area (Å²) in [4.78, 5) is 0. The number of benzene rings is 5. The van der Waals surface area contributed by atoms with E-state index in [2.05, 4.69) is 129 Å². The van der Waals surface area contributed by atoms with Gasteiger partial charge in [0.05, 0.1) is 0 Å². The second-order valence-electron chi connectivity index (χ2n) is 9.57. The Balaban J connectivity index is 1.84. The molecule has 1 atom stereocenters. The zero-order chi connectivity index (χ0) is 24.8. The first kappa shape index (κ1) is 23.2. The Morgan fingerprint density at radius 1 is 0.583 bits per heavy atom. The van der Waals surface area contributed by atoms with E-state index in [1.54, 1.807) is 0 Å². The molecule has 3 heteroatoms. The van der Waals surface area contributed by atoms with Crippen molar-refractivity contribution in [2.75, 3.05) is 0 Å². The van der Waals surface area contributed by atoms with Crippen molar-refractivity contribution in [3.63, 3.8) is 0 Å². The number of hydrogen-bond donors (Lipinski definition) is 0. The quantitative estimate of drug-likeness (QED) is 0.235. The number of fused-ring (bicyclic) bond motifs is 1. The SMILES string of the molecule is Cc1cc2c(cc1C)P(c1ccccc1)(c1ccccc1)(c1ccccc1)OC2c1ccc(Cl)cc1. The molecule has 0 radical (unpaired) electrons. The minimum absolute atomic E-state index is 0.227. The second-order valence-corrected chi connectivity index (χ2v) is 14.3. The van der Waals surface area contributed by atoms with Crippen molar-refractivity contribution in [2.24, 2.45) is 0 Å². The van der Waals surface area contributed by atoms with Crippen molar-refractivity contribution >= 4 is 39.6 Å². The van der Waals surface area contributed by atoms with Gasteiger partial charge >= 0.3 is 219 Å². The Bertz CT molecular complexity index is 1430. The summed E-state index contributed by atoms with van der Waals surface area (Å²) in [6.07, 6.45) is -0.227. The van der Waals surface area contributed by atoms with Gasteiger partial charge in [0, 0.05) is 0 Å². The Labute approximate surface area is 218 Å². The van der Waals surface area contributed by atoms with Gasteiger partial charge in [-0.1, -0.05) is 0 Å². The molecule has 5 aromatic rings. The molecule has 178 valence electrons. The van der Waals surface area contributed by atoms with Gasteiger partial charge in [0.25, 0.3) is 0 Å². The van der Waals surface area contributed by atoms with Crippen LogP contribution in [0, 0.1) is 13.8 Å². The summed E-state index contributed by atoms with van der Waals surface area (Å²) in [7, 11) is 0. The van der Waals surface area contributed by atoms with Gasteiger partial charge in [-0.25, -0.2) is 0 Å². The van der Waals surface area contributed by atoms with Crippen LogP contribution in [0.5, 0.6) is 0 Å². The molecule has 1 unspecified atom stereocenters. The molecule has 36 heavy (non-hydrogen) atoms. The molecule has 6 rings (SSSR count). The van der Waals surface area contributed by atoms with Gasteiger partial charge in [-0.05, 0) is 0 Å². The molecule has 5 aromatic carbocycles. The summed E-state index contributed by atoms with van der Waals surface area (Å²) in [5.41, 5.74) is 4.88. The van der Waals surface area contributed by atoms with Crippen molar-refractivity contribution in [3.05, 3.63) is 155 Å². The summed E-state index contributed by atoms with van der Waals surface area (Å²) in [5.74, 6) is 0. The maximum absolute atomic E-state index is 7.79. The predicted molar refractivity (Wildman–Crippen MR) is 155 cm³/mol. The summed E-state index contributed by atoms with van der Waals surface area (Å²) < 4.78 is 7.79. The number of hydrogen-bond acceptors (Lipinski definition) is 1. The van der Waals surface area contributed by atoms with Crippen molar-refractivity contribution < 1.29 is 4.52 Å². The van der Waals surface area contributed by atoms with Crippen LogP contribution >= 0.6 is 18.4 Å². The van der Waals surface area contributed by atoms with E-state index >= 15 is 0 Å². The molecular weight excluding hydrogens is 479 g/mol. The third-order valence-electron chi connectivity index (χ3n) is 7.62. The zero-order valence-corrected chi connectivity index (χ0v) is 22.1. The fourth-order valence-corrected chi connectivity index (χ4v) is 12.1. The second kappa shape index (κ2) is 8.71. The number of aryl methyl sites for hydroxylation is 2. The first-order valence-corrected chi connectivity index (χ1v) is 14.8. The van der Waals surface area contributed by atoms with Crippen LogP contribution in [0.15, 0.2) is 127 Å². The molecule has 0 aliphatic carbocycles. The third kappa shape index (κ3) is 3.17. The van der Waals surface area contributed by atoms with Gasteiger partial charge in [-0.3, -0.25) is 0 Å². The molecule has 1 aliphatic heterocycles. The van der Waals surface area contributed by atoms with E-state index < -0.39 is 6.83 Å². The van der Waals surface area contributed by atoms with Crippen LogP contribution in [-0.4, -0.2) is 0 Å². The van der Waals surface area contributed by atoms with Crippen molar-refractivity contribution in [3.8, 4) is 0 Å². The number of rotatable bonds is 4. The maximum atomic E-state index is 7.79. The molecule has 0 saturated carbocycles. The van der Waals surface area contributed by atoms with E-state index in [9.17, 15) is 0 Å². The Kier molecular flexibility index (Phi) is 5.61. The Hall–Kier alpha value is -3.22. The van der Waals surface area contributed by atoms with Crippen LogP contribution in [0.3, 0.4) is 0 Å². The monoisotopic (exact) mass is 506 g/mol. The van der Waals surface area contributed by atoms with Crippen LogP contribution < -0.4 is 21.2 Å². The summed E-state index contributed by atoms with van der Waals surface area (Å²) in [5, 5.41) is 5.64. The summed E-state index contributed by atoms with van der Waals surface area (Å²) in [6.45, 7) is 0.785. The predicted octanol–water partition coefficient (Wildman–Crippen LogP) is 7.15. The average Bonchev–Trinajstić information content (AvgIpc) is 3.23. The minimum atomic E-state index is -3.61. The van der Waals surface area contributed by atoms with Gasteiger partial charge in [0.15, 0.2) is 0 Å². The van der Waals surface area contributed by atoms with Crippen LogP contribution in [0.25, 0.3) is 0 Å². The summed E-state index contributed by atoms with van der Waals surface area (Å²) in [6, 6.07) is 45.4. The Morgan fingerprint density at radius 3 is 1.50 bits per heavy atom. The fourth-order valence-electron chi connectivity index (χ4n) is 5.79. The molecule has 0 fully saturated rings. The van der Waals surface area contributed by atoms with Gasteiger partial charge in [-0.2, -0.15) is 0 Å². The number of halogens is 1.